The van der Waals surface area contributed by atoms with Crippen molar-refractivity contribution in [3.05, 3.63) is 390 Å². The summed E-state index contributed by atoms with van der Waals surface area (Å²) in [5, 5.41) is 0. The van der Waals surface area contributed by atoms with Crippen LogP contribution in [0.3, 0.4) is 0 Å². The summed E-state index contributed by atoms with van der Waals surface area (Å²) in [5.74, 6) is 5.40. The van der Waals surface area contributed by atoms with Gasteiger partial charge in [-0.2, -0.15) is 0 Å². The zero-order chi connectivity index (χ0) is 97.2. The van der Waals surface area contributed by atoms with E-state index in [0.29, 0.717) is 11.8 Å². The third-order valence-electron chi connectivity index (χ3n) is 31.4. The van der Waals surface area contributed by atoms with Crippen molar-refractivity contribution >= 4 is 0 Å². The minimum absolute atomic E-state index is 0.219. The van der Waals surface area contributed by atoms with E-state index < -0.39 is 18.2 Å². The second-order valence-corrected chi connectivity index (χ2v) is 41.1. The maximum absolute atomic E-state index is 9.05. The van der Waals surface area contributed by atoms with E-state index in [9.17, 15) is 0 Å². The van der Waals surface area contributed by atoms with Crippen LogP contribution in [0.5, 0.6) is 0 Å². The fourth-order valence-corrected chi connectivity index (χ4v) is 22.2. The van der Waals surface area contributed by atoms with E-state index in [1.807, 2.05) is 12.1 Å². The van der Waals surface area contributed by atoms with Crippen LogP contribution in [0.1, 0.15) is 234 Å². The minimum Gasteiger partial charge on any atom is -0.201 e. The lowest BCUT2D eigenvalue weighted by molar-refractivity contribution is -0.660. The topological polar surface area (TPSA) is 19.4 Å². The van der Waals surface area contributed by atoms with Gasteiger partial charge in [0.1, 0.15) is 35.2 Å². The normalized spacial score (nSPS) is 22.1. The summed E-state index contributed by atoms with van der Waals surface area (Å²) in [5.41, 5.74) is 37.6. The molecule has 7 fully saturated rings. The van der Waals surface area contributed by atoms with Crippen LogP contribution in [0.25, 0.3) is 112 Å². The van der Waals surface area contributed by atoms with Crippen molar-refractivity contribution in [2.75, 3.05) is 0 Å². The molecule has 0 N–H and O–H groups in total. The number of nitrogens with zero attached hydrogens (tertiary/aromatic N) is 5. The average molecular weight is 1780 g/mol. The molecule has 2 unspecified atom stereocenters. The van der Waals surface area contributed by atoms with E-state index >= 15 is 0 Å². The molecule has 688 valence electrons. The molecule has 22 rings (SSSR count). The van der Waals surface area contributed by atoms with Crippen molar-refractivity contribution in [2.45, 2.75) is 214 Å². The molecular formula is C130H148N5+5. The first-order valence-electron chi connectivity index (χ1n) is 52.9. The third kappa shape index (κ3) is 23.2. The summed E-state index contributed by atoms with van der Waals surface area (Å²) in [7, 11) is 10.5. The number of pyridine rings is 5. The van der Waals surface area contributed by atoms with Crippen LogP contribution in [0, 0.1) is 76.0 Å². The molecule has 0 saturated heterocycles. The Kier molecular flexibility index (Phi) is 29.3. The Morgan fingerprint density at radius 1 is 0.237 bits per heavy atom. The van der Waals surface area contributed by atoms with E-state index in [1.54, 1.807) is 0 Å². The zero-order valence-electron chi connectivity index (χ0n) is 87.1. The predicted octanol–water partition coefficient (Wildman–Crippen LogP) is 31.5. The SMILES string of the molecule is Cc1ccccc1-c1cc(-c2ccc(C3CCC(C)CC3)cc2)cc[n+]1C.Cc1ccccc1-c1cc(-c2cccc(C3CCC(C)CC3)c2)cc[n+]1C.[2H]C([2H])(c1ccc(-c2cc[n+](C)c(-c3ccccc3C)c2)cc1)C1C2CCC1C2.[2H]C1(c2ccc(-c3cc[n+](C)c(-c4ccccc4C)c3)cc2)CCC(C)CC1.[2H]C1(c2cccc(-c3cc[n+](C)c(-c4ccccc4C)c3)c2)CCC(C)CC1. The molecule has 135 heavy (non-hydrogen) atoms. The van der Waals surface area contributed by atoms with Gasteiger partial charge in [-0.1, -0.05) is 291 Å². The molecule has 0 spiro atoms. The molecule has 0 amide bonds. The summed E-state index contributed by atoms with van der Waals surface area (Å²) in [6.07, 6.45) is 32.6. The number of fused-ring (bicyclic) bond motifs is 1. The molecule has 5 heterocycles. The molecule has 15 aromatic rings. The van der Waals surface area contributed by atoms with Gasteiger partial charge in [-0.3, -0.25) is 0 Å². The standard InChI is InChI=1S/C26H28N.4C26H30N/c1-18-5-3-4-6-24(18)26-17-21(13-14-27(26)2)20-9-7-19(8-10-20)15-25-22-11-12-23(25)16-22;2*1-19-11-13-21(14-12-19)22-8-6-9-23(17-22)24-15-16-27(3)26(18-24)25-10-5-4-7-20(25)2;2*1-19-8-10-21(11-9-19)22-12-14-23(15-13-22)24-16-17-27(3)26(18-24)25-7-5-4-6-20(25)2/h3-10,13-14,17,22-23,25H,11-12,15-16H2,1-2H3;2*4-10,15-19,21H,11-14H2,1-3H3;2*4-7,12-19,21H,8-11H2,1-3H3/q5*+1/i15D2;21D;;21D;. The minimum atomic E-state index is -1.21. The molecule has 2 bridgehead atoms. The highest BCUT2D eigenvalue weighted by Gasteiger charge is 2.46. The van der Waals surface area contributed by atoms with E-state index in [1.165, 1.54) is 234 Å². The van der Waals surface area contributed by atoms with Crippen molar-refractivity contribution in [2.24, 2.45) is 76.7 Å². The fourth-order valence-electron chi connectivity index (χ4n) is 22.2. The molecule has 7 aliphatic carbocycles. The number of aromatic nitrogens is 5. The molecule has 2 atom stereocenters. The Morgan fingerprint density at radius 3 is 0.815 bits per heavy atom. The molecule has 10 aromatic carbocycles. The lowest BCUT2D eigenvalue weighted by atomic mass is 9.69. The lowest BCUT2D eigenvalue weighted by Gasteiger charge is -2.36. The van der Waals surface area contributed by atoms with E-state index in [-0.39, 0.29) is 5.92 Å². The maximum atomic E-state index is 9.05. The van der Waals surface area contributed by atoms with Gasteiger partial charge in [0.2, 0.25) is 28.5 Å². The zero-order valence-corrected chi connectivity index (χ0v) is 83.1. The van der Waals surface area contributed by atoms with Crippen molar-refractivity contribution in [3.63, 3.8) is 0 Å². The summed E-state index contributed by atoms with van der Waals surface area (Å²) in [4.78, 5) is 0. The fraction of sp³-hybridized carbons (Fsp3) is 0.346. The van der Waals surface area contributed by atoms with Gasteiger partial charge in [0, 0.05) is 94.0 Å². The van der Waals surface area contributed by atoms with Crippen LogP contribution in [0.2, 0.25) is 0 Å². The van der Waals surface area contributed by atoms with Gasteiger partial charge in [-0.15, -0.1) is 0 Å². The number of hydrogen-bond acceptors (Lipinski definition) is 0. The highest BCUT2D eigenvalue weighted by atomic mass is 14.9. The van der Waals surface area contributed by atoms with Gasteiger partial charge >= 0.3 is 0 Å². The van der Waals surface area contributed by atoms with Crippen LogP contribution in [0.4, 0.5) is 0 Å². The summed E-state index contributed by atoms with van der Waals surface area (Å²) < 4.78 is 46.4. The average Bonchev–Trinajstić information content (AvgIpc) is 1.58. The lowest BCUT2D eigenvalue weighted by Crippen LogP contribution is -2.30. The smallest absolute Gasteiger partial charge is 0.201 e. The molecule has 5 nitrogen and oxygen atoms in total. The third-order valence-corrected chi connectivity index (χ3v) is 31.4. The first-order chi connectivity index (χ1) is 67.1. The Labute approximate surface area is 815 Å². The number of hydrogen-bond donors (Lipinski definition) is 0. The molecule has 5 aromatic heterocycles. The van der Waals surface area contributed by atoms with Gasteiger partial charge in [-0.05, 0) is 318 Å². The Morgan fingerprint density at radius 2 is 0.496 bits per heavy atom. The van der Waals surface area contributed by atoms with Crippen molar-refractivity contribution in [1.29, 1.82) is 0 Å². The van der Waals surface area contributed by atoms with Crippen LogP contribution >= 0.6 is 0 Å². The Hall–Kier alpha value is -12.1. The molecule has 5 heteroatoms. The van der Waals surface area contributed by atoms with Crippen LogP contribution in [0.15, 0.2) is 334 Å². The van der Waals surface area contributed by atoms with E-state index in [0.717, 1.165) is 90.7 Å². The molecule has 0 aliphatic heterocycles. The largest absolute Gasteiger partial charge is 0.213 e. The molecule has 7 saturated carbocycles. The highest BCUT2D eigenvalue weighted by Crippen LogP contribution is 2.55. The summed E-state index contributed by atoms with van der Waals surface area (Å²) in [6, 6.07) is 109. The van der Waals surface area contributed by atoms with Crippen molar-refractivity contribution < 1.29 is 28.3 Å². The molecular weight excluding hydrogens is 1630 g/mol. The van der Waals surface area contributed by atoms with Crippen molar-refractivity contribution in [1.82, 2.24) is 0 Å². The monoisotopic (exact) mass is 1780 g/mol. The van der Waals surface area contributed by atoms with E-state index in [2.05, 4.69) is 443 Å². The van der Waals surface area contributed by atoms with E-state index in [4.69, 9.17) is 5.48 Å². The van der Waals surface area contributed by atoms with Crippen LogP contribution < -0.4 is 22.8 Å². The first kappa shape index (κ1) is 89.5. The first-order valence-corrected chi connectivity index (χ1v) is 50.9. The second-order valence-electron chi connectivity index (χ2n) is 41.1. The summed E-state index contributed by atoms with van der Waals surface area (Å²) in [6.45, 7) is 20.2. The quantitative estimate of drug-likeness (QED) is 0.0859. The van der Waals surface area contributed by atoms with Gasteiger partial charge < -0.3 is 0 Å². The van der Waals surface area contributed by atoms with Gasteiger partial charge in [-0.25, -0.2) is 22.8 Å². The predicted molar refractivity (Wildman–Crippen MR) is 566 cm³/mol. The Balaban J connectivity index is 0.000000120. The molecule has 0 radical (unpaired) electrons. The Bertz CT molecular complexity index is 6720. The number of rotatable bonds is 16. The maximum Gasteiger partial charge on any atom is 0.213 e. The van der Waals surface area contributed by atoms with Gasteiger partial charge in [0.25, 0.3) is 0 Å². The van der Waals surface area contributed by atoms with Crippen LogP contribution in [-0.4, -0.2) is 0 Å². The number of aryl methyl sites for hydroxylation is 10. The second kappa shape index (κ2) is 44.2. The number of benzene rings is 10. The van der Waals surface area contributed by atoms with Crippen molar-refractivity contribution in [3.8, 4) is 112 Å². The van der Waals surface area contributed by atoms with Crippen LogP contribution in [-0.2, 0) is 41.6 Å². The summed E-state index contributed by atoms with van der Waals surface area (Å²) >= 11 is 0. The molecule has 7 aliphatic rings. The van der Waals surface area contributed by atoms with Gasteiger partial charge in [0.15, 0.2) is 31.0 Å². The highest BCUT2D eigenvalue weighted by molar-refractivity contribution is 5.76. The van der Waals surface area contributed by atoms with Gasteiger partial charge in [0.05, 0.1) is 0 Å².